The molecule has 0 atom stereocenters. The van der Waals surface area contributed by atoms with Crippen molar-refractivity contribution in [2.24, 2.45) is 4.99 Å². The van der Waals surface area contributed by atoms with Gasteiger partial charge in [-0.1, -0.05) is 19.3 Å². The summed E-state index contributed by atoms with van der Waals surface area (Å²) in [5.74, 6) is 0.686. The smallest absolute Gasteiger partial charge is 0.239 e. The molecule has 1 amide bonds. The van der Waals surface area contributed by atoms with Crippen LogP contribution in [0, 0.1) is 6.92 Å². The van der Waals surface area contributed by atoms with Crippen LogP contribution in [0.25, 0.3) is 0 Å². The fourth-order valence-corrected chi connectivity index (χ4v) is 3.39. The van der Waals surface area contributed by atoms with Crippen molar-refractivity contribution in [2.45, 2.75) is 51.5 Å². The Kier molecular flexibility index (Phi) is 10.2. The van der Waals surface area contributed by atoms with E-state index in [-0.39, 0.29) is 36.4 Å². The average molecular weight is 465 g/mol. The lowest BCUT2D eigenvalue weighted by Gasteiger charge is -2.23. The van der Waals surface area contributed by atoms with E-state index in [4.69, 9.17) is 0 Å². The Morgan fingerprint density at radius 3 is 2.71 bits per heavy atom. The van der Waals surface area contributed by atoms with E-state index in [0.29, 0.717) is 12.0 Å². The summed E-state index contributed by atoms with van der Waals surface area (Å²) in [6, 6.07) is 0.348. The van der Waals surface area contributed by atoms with E-state index < -0.39 is 0 Å². The van der Waals surface area contributed by atoms with Gasteiger partial charge in [-0.15, -0.1) is 35.3 Å². The van der Waals surface area contributed by atoms with Crippen molar-refractivity contribution in [3.05, 3.63) is 16.1 Å². The van der Waals surface area contributed by atoms with E-state index in [1.807, 2.05) is 6.92 Å². The molecular formula is C16H28IN5OS. The monoisotopic (exact) mass is 465 g/mol. The number of halogens is 1. The van der Waals surface area contributed by atoms with Crippen molar-refractivity contribution in [1.82, 2.24) is 20.9 Å². The number of rotatable bonds is 6. The number of amides is 1. The Morgan fingerprint density at radius 2 is 2.08 bits per heavy atom. The maximum atomic E-state index is 12.0. The van der Waals surface area contributed by atoms with Crippen molar-refractivity contribution < 1.29 is 4.79 Å². The number of aromatic nitrogens is 1. The molecule has 0 spiro atoms. The molecule has 0 bridgehead atoms. The van der Waals surface area contributed by atoms with E-state index in [9.17, 15) is 4.79 Å². The van der Waals surface area contributed by atoms with E-state index in [0.717, 1.165) is 36.5 Å². The maximum absolute atomic E-state index is 12.0. The van der Waals surface area contributed by atoms with Gasteiger partial charge in [0.1, 0.15) is 0 Å². The van der Waals surface area contributed by atoms with Crippen molar-refractivity contribution in [3.8, 4) is 0 Å². The van der Waals surface area contributed by atoms with Gasteiger partial charge in [-0.2, -0.15) is 0 Å². The zero-order valence-electron chi connectivity index (χ0n) is 14.4. The van der Waals surface area contributed by atoms with Crippen LogP contribution in [0.1, 0.15) is 42.8 Å². The molecule has 1 fully saturated rings. The van der Waals surface area contributed by atoms with Crippen molar-refractivity contribution in [2.75, 3.05) is 20.1 Å². The molecule has 2 rings (SSSR count). The summed E-state index contributed by atoms with van der Waals surface area (Å²) < 4.78 is 0. The molecule has 8 heteroatoms. The number of nitrogens with one attached hydrogen (secondary N) is 3. The summed E-state index contributed by atoms with van der Waals surface area (Å²) in [6.45, 7) is 3.01. The van der Waals surface area contributed by atoms with Crippen molar-refractivity contribution in [3.63, 3.8) is 0 Å². The fraction of sp³-hybridized carbons (Fsp3) is 0.688. The van der Waals surface area contributed by atoms with Crippen molar-refractivity contribution in [1.29, 1.82) is 0 Å². The summed E-state index contributed by atoms with van der Waals surface area (Å²) in [5.41, 5.74) is 1.09. The molecule has 1 aliphatic rings. The Labute approximate surface area is 165 Å². The quantitative estimate of drug-likeness (QED) is 0.342. The highest BCUT2D eigenvalue weighted by Crippen LogP contribution is 2.17. The van der Waals surface area contributed by atoms with Gasteiger partial charge in [0.05, 0.1) is 17.2 Å². The van der Waals surface area contributed by atoms with Gasteiger partial charge in [0.15, 0.2) is 5.96 Å². The molecule has 1 heterocycles. The van der Waals surface area contributed by atoms with Crippen LogP contribution in [0.5, 0.6) is 0 Å². The molecule has 136 valence electrons. The molecule has 1 saturated carbocycles. The lowest BCUT2D eigenvalue weighted by molar-refractivity contribution is -0.120. The van der Waals surface area contributed by atoms with Crippen LogP contribution in [0.4, 0.5) is 0 Å². The Hall–Kier alpha value is -0.900. The third kappa shape index (κ3) is 7.78. The maximum Gasteiger partial charge on any atom is 0.239 e. The summed E-state index contributed by atoms with van der Waals surface area (Å²) in [5, 5.41) is 12.5. The minimum Gasteiger partial charge on any atom is -0.356 e. The third-order valence-electron chi connectivity index (χ3n) is 3.95. The number of hydrogen-bond donors (Lipinski definition) is 3. The lowest BCUT2D eigenvalue weighted by Crippen LogP contribution is -2.46. The van der Waals surface area contributed by atoms with Crippen LogP contribution in [0.15, 0.2) is 10.4 Å². The molecule has 1 aromatic rings. The molecule has 6 nitrogen and oxygen atoms in total. The van der Waals surface area contributed by atoms with Gasteiger partial charge in [-0.25, -0.2) is 4.98 Å². The molecule has 1 aliphatic carbocycles. The van der Waals surface area contributed by atoms with Crippen LogP contribution in [0.2, 0.25) is 0 Å². The zero-order chi connectivity index (χ0) is 16.5. The highest BCUT2D eigenvalue weighted by atomic mass is 127. The molecule has 3 N–H and O–H groups in total. The average Bonchev–Trinajstić information content (AvgIpc) is 2.97. The van der Waals surface area contributed by atoms with Gasteiger partial charge < -0.3 is 16.0 Å². The molecule has 1 aromatic heterocycles. The van der Waals surface area contributed by atoms with Gasteiger partial charge >= 0.3 is 0 Å². The number of aryl methyl sites for hydroxylation is 1. The minimum atomic E-state index is 0. The third-order valence-corrected chi connectivity index (χ3v) is 4.77. The van der Waals surface area contributed by atoms with Crippen LogP contribution in [-0.2, 0) is 11.2 Å². The molecule has 0 aliphatic heterocycles. The topological polar surface area (TPSA) is 78.4 Å². The van der Waals surface area contributed by atoms with E-state index in [1.54, 1.807) is 18.4 Å². The number of aliphatic imine (C=N–C) groups is 1. The number of thiazole rings is 1. The standard InChI is InChI=1S/C16H27N5OS.HI/c1-12-20-14(11-23-12)8-9-18-16(17-2)19-10-15(22)21-13-6-4-3-5-7-13;/h11,13H,3-10H2,1-2H3,(H,21,22)(H2,17,18,19);1H. The summed E-state index contributed by atoms with van der Waals surface area (Å²) in [6.07, 6.45) is 6.78. The van der Waals surface area contributed by atoms with Crippen LogP contribution in [0.3, 0.4) is 0 Å². The Morgan fingerprint density at radius 1 is 1.33 bits per heavy atom. The number of carbonyl (C=O) groups excluding carboxylic acids is 1. The second kappa shape index (κ2) is 11.6. The highest BCUT2D eigenvalue weighted by Gasteiger charge is 2.15. The molecule has 0 saturated heterocycles. The SMILES string of the molecule is CN=C(NCCc1csc(C)n1)NCC(=O)NC1CCCCC1.I. The van der Waals surface area contributed by atoms with Crippen LogP contribution < -0.4 is 16.0 Å². The molecule has 24 heavy (non-hydrogen) atoms. The molecule has 0 radical (unpaired) electrons. The Bertz CT molecular complexity index is 528. The summed E-state index contributed by atoms with van der Waals surface area (Å²) in [4.78, 5) is 20.5. The normalized spacial score (nSPS) is 15.5. The predicted octanol–water partition coefficient (Wildman–Crippen LogP) is 2.23. The van der Waals surface area contributed by atoms with E-state index >= 15 is 0 Å². The van der Waals surface area contributed by atoms with E-state index in [1.165, 1.54) is 19.3 Å². The number of hydrogen-bond acceptors (Lipinski definition) is 4. The van der Waals surface area contributed by atoms with Gasteiger partial charge in [0, 0.05) is 31.4 Å². The lowest BCUT2D eigenvalue weighted by atomic mass is 9.95. The van der Waals surface area contributed by atoms with Gasteiger partial charge in [0.2, 0.25) is 5.91 Å². The highest BCUT2D eigenvalue weighted by molar-refractivity contribution is 14.0. The first-order chi connectivity index (χ1) is 11.2. The van der Waals surface area contributed by atoms with Crippen molar-refractivity contribution >= 4 is 47.2 Å². The number of carbonyl (C=O) groups is 1. The summed E-state index contributed by atoms with van der Waals surface area (Å²) in [7, 11) is 1.71. The first kappa shape index (κ1) is 21.1. The minimum absolute atomic E-state index is 0. The van der Waals surface area contributed by atoms with Crippen LogP contribution >= 0.6 is 35.3 Å². The number of nitrogens with zero attached hydrogens (tertiary/aromatic N) is 2. The van der Waals surface area contributed by atoms with Gasteiger partial charge in [0.25, 0.3) is 0 Å². The largest absolute Gasteiger partial charge is 0.356 e. The first-order valence-electron chi connectivity index (χ1n) is 8.32. The number of guanidine groups is 1. The van der Waals surface area contributed by atoms with E-state index in [2.05, 4.69) is 31.3 Å². The van der Waals surface area contributed by atoms with Gasteiger partial charge in [-0.3, -0.25) is 9.79 Å². The molecular weight excluding hydrogens is 437 g/mol. The molecule has 0 unspecified atom stereocenters. The summed E-state index contributed by atoms with van der Waals surface area (Å²) >= 11 is 1.66. The first-order valence-corrected chi connectivity index (χ1v) is 9.20. The predicted molar refractivity (Wildman–Crippen MR) is 110 cm³/mol. The van der Waals surface area contributed by atoms with Crippen LogP contribution in [-0.4, -0.2) is 43.0 Å². The second-order valence-corrected chi connectivity index (χ2v) is 6.93. The zero-order valence-corrected chi connectivity index (χ0v) is 17.6. The fourth-order valence-electron chi connectivity index (χ4n) is 2.74. The second-order valence-electron chi connectivity index (χ2n) is 5.86. The Balaban J connectivity index is 0.00000288. The van der Waals surface area contributed by atoms with Gasteiger partial charge in [-0.05, 0) is 19.8 Å². The molecule has 0 aromatic carbocycles.